The van der Waals surface area contributed by atoms with Gasteiger partial charge in [-0.2, -0.15) is 0 Å². The number of carbonyl (C=O) groups is 2. The zero-order chi connectivity index (χ0) is 12.3. The molecule has 0 bridgehead atoms. The number of methoxy groups -OCH3 is 1. The molecule has 2 rings (SSSR count). The first kappa shape index (κ1) is 11.1. The fourth-order valence-electron chi connectivity index (χ4n) is 1.70. The van der Waals surface area contributed by atoms with Crippen molar-refractivity contribution in [3.05, 3.63) is 41.6 Å². The number of aromatic amines is 1. The summed E-state index contributed by atoms with van der Waals surface area (Å²) in [6.07, 6.45) is 5.40. The first-order valence-electron chi connectivity index (χ1n) is 5.07. The van der Waals surface area contributed by atoms with E-state index in [1.807, 2.05) is 18.2 Å². The number of hydrogen-bond acceptors (Lipinski definition) is 3. The van der Waals surface area contributed by atoms with Crippen molar-refractivity contribution in [2.75, 3.05) is 7.11 Å². The monoisotopic (exact) mass is 229 g/mol. The van der Waals surface area contributed by atoms with Crippen LogP contribution >= 0.6 is 0 Å². The summed E-state index contributed by atoms with van der Waals surface area (Å²) in [4.78, 5) is 24.9. The molecule has 1 heterocycles. The van der Waals surface area contributed by atoms with Gasteiger partial charge in [0.25, 0.3) is 0 Å². The molecule has 1 N–H and O–H groups in total. The maximum atomic E-state index is 11.0. The topological polar surface area (TPSA) is 59.2 Å². The van der Waals surface area contributed by atoms with Crippen molar-refractivity contribution in [1.82, 2.24) is 4.98 Å². The molecule has 0 saturated heterocycles. The summed E-state index contributed by atoms with van der Waals surface area (Å²) in [5.41, 5.74) is 2.24. The first-order chi connectivity index (χ1) is 8.26. The van der Waals surface area contributed by atoms with Gasteiger partial charge in [-0.1, -0.05) is 12.1 Å². The zero-order valence-corrected chi connectivity index (χ0v) is 9.27. The molecule has 0 spiro atoms. The van der Waals surface area contributed by atoms with Crippen LogP contribution in [0.25, 0.3) is 17.0 Å². The number of benzene rings is 1. The molecule has 1 aromatic carbocycles. The number of aromatic nitrogens is 1. The number of esters is 1. The fourth-order valence-corrected chi connectivity index (χ4v) is 1.70. The molecule has 17 heavy (non-hydrogen) atoms. The molecular weight excluding hydrogens is 218 g/mol. The molecule has 1 aromatic heterocycles. The van der Waals surface area contributed by atoms with Crippen LogP contribution in [-0.2, 0) is 9.53 Å². The average Bonchev–Trinajstić information content (AvgIpc) is 2.79. The Morgan fingerprint density at radius 1 is 1.35 bits per heavy atom. The van der Waals surface area contributed by atoms with E-state index in [0.717, 1.165) is 22.8 Å². The predicted octanol–water partition coefficient (Wildman–Crippen LogP) is 2.17. The Bertz CT molecular complexity index is 596. The normalized spacial score (nSPS) is 10.9. The van der Waals surface area contributed by atoms with Gasteiger partial charge in [0.1, 0.15) is 0 Å². The third-order valence-corrected chi connectivity index (χ3v) is 2.50. The Kier molecular flexibility index (Phi) is 3.05. The van der Waals surface area contributed by atoms with Crippen molar-refractivity contribution in [2.45, 2.75) is 0 Å². The van der Waals surface area contributed by atoms with E-state index < -0.39 is 5.97 Å². The summed E-state index contributed by atoms with van der Waals surface area (Å²) in [5, 5.41) is 0.808. The highest BCUT2D eigenvalue weighted by molar-refractivity contribution is 6.03. The Hall–Kier alpha value is -2.36. The van der Waals surface area contributed by atoms with Crippen LogP contribution in [0.1, 0.15) is 15.9 Å². The predicted molar refractivity (Wildman–Crippen MR) is 64.7 cm³/mol. The quantitative estimate of drug-likeness (QED) is 0.498. The minimum atomic E-state index is -0.426. The Labute approximate surface area is 97.9 Å². The second-order valence-corrected chi connectivity index (χ2v) is 3.49. The maximum absolute atomic E-state index is 11.0. The molecule has 0 saturated carbocycles. The van der Waals surface area contributed by atoms with Crippen molar-refractivity contribution in [2.24, 2.45) is 0 Å². The number of fused-ring (bicyclic) bond motifs is 1. The Morgan fingerprint density at radius 3 is 2.88 bits per heavy atom. The van der Waals surface area contributed by atoms with Crippen LogP contribution in [-0.4, -0.2) is 24.3 Å². The molecule has 0 amide bonds. The molecule has 0 unspecified atom stereocenters. The van der Waals surface area contributed by atoms with E-state index in [1.54, 1.807) is 12.3 Å². The van der Waals surface area contributed by atoms with Crippen LogP contribution in [0, 0.1) is 0 Å². The van der Waals surface area contributed by atoms with E-state index >= 15 is 0 Å². The van der Waals surface area contributed by atoms with Crippen LogP contribution in [0.5, 0.6) is 0 Å². The molecule has 0 radical (unpaired) electrons. The van der Waals surface area contributed by atoms with Gasteiger partial charge in [-0.15, -0.1) is 0 Å². The van der Waals surface area contributed by atoms with Crippen LogP contribution < -0.4 is 0 Å². The number of carbonyl (C=O) groups excluding carboxylic acids is 2. The summed E-state index contributed by atoms with van der Waals surface area (Å²) in [7, 11) is 1.32. The lowest BCUT2D eigenvalue weighted by atomic mass is 10.1. The highest BCUT2D eigenvalue weighted by Gasteiger charge is 2.05. The minimum absolute atomic E-state index is 0.426. The SMILES string of the molecule is COC(=O)C=Cc1cccc2[nH]cc(C=O)c12. The number of rotatable bonds is 3. The van der Waals surface area contributed by atoms with E-state index in [0.29, 0.717) is 5.56 Å². The van der Waals surface area contributed by atoms with Gasteiger partial charge in [-0.05, 0) is 17.7 Å². The first-order valence-corrected chi connectivity index (χ1v) is 5.07. The van der Waals surface area contributed by atoms with E-state index in [4.69, 9.17) is 0 Å². The van der Waals surface area contributed by atoms with Gasteiger partial charge in [-0.25, -0.2) is 4.79 Å². The van der Waals surface area contributed by atoms with Crippen molar-refractivity contribution in [3.8, 4) is 0 Å². The summed E-state index contributed by atoms with van der Waals surface area (Å²) in [6.45, 7) is 0. The Balaban J connectivity index is 2.53. The zero-order valence-electron chi connectivity index (χ0n) is 9.27. The van der Waals surface area contributed by atoms with Crippen LogP contribution in [0.2, 0.25) is 0 Å². The number of nitrogens with one attached hydrogen (secondary N) is 1. The fraction of sp³-hybridized carbons (Fsp3) is 0.0769. The van der Waals surface area contributed by atoms with Gasteiger partial charge < -0.3 is 9.72 Å². The van der Waals surface area contributed by atoms with E-state index in [-0.39, 0.29) is 0 Å². The lowest BCUT2D eigenvalue weighted by Crippen LogP contribution is -1.93. The number of H-pyrrole nitrogens is 1. The minimum Gasteiger partial charge on any atom is -0.466 e. The smallest absolute Gasteiger partial charge is 0.330 e. The van der Waals surface area contributed by atoms with E-state index in [1.165, 1.54) is 13.2 Å². The summed E-state index contributed by atoms with van der Waals surface area (Å²) < 4.78 is 4.52. The van der Waals surface area contributed by atoms with Gasteiger partial charge in [0.2, 0.25) is 0 Å². The highest BCUT2D eigenvalue weighted by atomic mass is 16.5. The van der Waals surface area contributed by atoms with E-state index in [9.17, 15) is 9.59 Å². The lowest BCUT2D eigenvalue weighted by molar-refractivity contribution is -0.134. The third-order valence-electron chi connectivity index (χ3n) is 2.50. The second-order valence-electron chi connectivity index (χ2n) is 3.49. The molecule has 0 aliphatic rings. The molecule has 0 aliphatic carbocycles. The van der Waals surface area contributed by atoms with Crippen molar-refractivity contribution in [1.29, 1.82) is 0 Å². The van der Waals surface area contributed by atoms with Gasteiger partial charge >= 0.3 is 5.97 Å². The molecule has 4 nitrogen and oxygen atoms in total. The highest BCUT2D eigenvalue weighted by Crippen LogP contribution is 2.22. The van der Waals surface area contributed by atoms with Gasteiger partial charge in [0.15, 0.2) is 6.29 Å². The largest absolute Gasteiger partial charge is 0.466 e. The van der Waals surface area contributed by atoms with Gasteiger partial charge in [-0.3, -0.25) is 4.79 Å². The number of hydrogen-bond donors (Lipinski definition) is 1. The molecular formula is C13H11NO3. The second kappa shape index (κ2) is 4.65. The van der Waals surface area contributed by atoms with Crippen LogP contribution in [0.4, 0.5) is 0 Å². The molecule has 2 aromatic rings. The Morgan fingerprint density at radius 2 is 2.18 bits per heavy atom. The molecule has 86 valence electrons. The van der Waals surface area contributed by atoms with Gasteiger partial charge in [0.05, 0.1) is 7.11 Å². The summed E-state index contributed by atoms with van der Waals surface area (Å²) in [5.74, 6) is -0.426. The molecule has 0 fully saturated rings. The van der Waals surface area contributed by atoms with Crippen LogP contribution in [0.15, 0.2) is 30.5 Å². The van der Waals surface area contributed by atoms with Crippen LogP contribution in [0.3, 0.4) is 0 Å². The summed E-state index contributed by atoms with van der Waals surface area (Å²) in [6, 6.07) is 5.56. The molecule has 4 heteroatoms. The molecule has 0 aliphatic heterocycles. The maximum Gasteiger partial charge on any atom is 0.330 e. The van der Waals surface area contributed by atoms with E-state index in [2.05, 4.69) is 9.72 Å². The average molecular weight is 229 g/mol. The summed E-state index contributed by atoms with van der Waals surface area (Å²) >= 11 is 0. The van der Waals surface area contributed by atoms with Crippen molar-refractivity contribution in [3.63, 3.8) is 0 Å². The third kappa shape index (κ3) is 2.10. The lowest BCUT2D eigenvalue weighted by Gasteiger charge is -1.98. The standard InChI is InChI=1S/C13H11NO3/c1-17-12(16)6-5-9-3-2-4-11-13(9)10(8-15)7-14-11/h2-8,14H,1H3. The van der Waals surface area contributed by atoms with Crippen molar-refractivity contribution < 1.29 is 14.3 Å². The van der Waals surface area contributed by atoms with Gasteiger partial charge in [0, 0.05) is 28.7 Å². The molecule has 0 atom stereocenters. The number of aldehydes is 1. The number of ether oxygens (including phenoxy) is 1. The van der Waals surface area contributed by atoms with Crippen molar-refractivity contribution >= 4 is 29.2 Å².